The highest BCUT2D eigenvalue weighted by Gasteiger charge is 2.27. The summed E-state index contributed by atoms with van der Waals surface area (Å²) in [5.41, 5.74) is 1.74. The third kappa shape index (κ3) is 3.47. The molecular formula is C17H19N4O6-. The highest BCUT2D eigenvalue weighted by atomic mass is 16.4. The van der Waals surface area contributed by atoms with Crippen LogP contribution in [0.1, 0.15) is 11.1 Å². The van der Waals surface area contributed by atoms with Gasteiger partial charge >= 0.3 is 0 Å². The van der Waals surface area contributed by atoms with Crippen molar-refractivity contribution in [3.05, 3.63) is 33.6 Å². The molecule has 3 unspecified atom stereocenters. The molecular weight excluding hydrogens is 356 g/mol. The van der Waals surface area contributed by atoms with E-state index in [0.717, 1.165) is 11.1 Å². The van der Waals surface area contributed by atoms with Gasteiger partial charge in [0, 0.05) is 0 Å². The second kappa shape index (κ2) is 7.16. The number of aliphatic hydroxyl groups excluding tert-OH is 4. The molecule has 3 rings (SSSR count). The zero-order valence-electron chi connectivity index (χ0n) is 14.7. The first-order valence-electron chi connectivity index (χ1n) is 8.24. The molecule has 1 aromatic rings. The highest BCUT2D eigenvalue weighted by molar-refractivity contribution is 5.81. The van der Waals surface area contributed by atoms with Crippen LogP contribution in [-0.2, 0) is 6.54 Å². The molecule has 2 heterocycles. The number of benzene rings is 1. The second-order valence-corrected chi connectivity index (χ2v) is 6.44. The predicted octanol–water partition coefficient (Wildman–Crippen LogP) is -1.94. The van der Waals surface area contributed by atoms with Crippen LogP contribution in [0.5, 0.6) is 6.01 Å². The summed E-state index contributed by atoms with van der Waals surface area (Å²) in [6, 6.07) is 2.52. The lowest BCUT2D eigenvalue weighted by molar-refractivity contribution is -0.282. The summed E-state index contributed by atoms with van der Waals surface area (Å²) in [4.78, 5) is 23.4. The smallest absolute Gasteiger partial charge is 0.300 e. The molecule has 27 heavy (non-hydrogen) atoms. The van der Waals surface area contributed by atoms with E-state index in [1.807, 2.05) is 13.8 Å². The first kappa shape index (κ1) is 19.1. The molecule has 0 saturated heterocycles. The molecule has 0 radical (unpaired) electrons. The fourth-order valence-electron chi connectivity index (χ4n) is 2.86. The molecule has 10 nitrogen and oxygen atoms in total. The van der Waals surface area contributed by atoms with Gasteiger partial charge in [0.25, 0.3) is 5.56 Å². The third-order valence-electron chi connectivity index (χ3n) is 4.53. The topological polar surface area (TPSA) is 165 Å². The summed E-state index contributed by atoms with van der Waals surface area (Å²) < 4.78 is 1.38. The van der Waals surface area contributed by atoms with E-state index in [-0.39, 0.29) is 18.1 Å². The molecule has 2 aliphatic rings. The lowest BCUT2D eigenvalue weighted by Gasteiger charge is -2.25. The molecule has 2 aliphatic heterocycles. The first-order chi connectivity index (χ1) is 12.7. The number of aliphatic hydroxyl groups is 4. The number of rotatable bonds is 5. The fraction of sp³-hybridized carbons (Fsp3) is 0.412. The Labute approximate surface area is 153 Å². The molecule has 4 N–H and O–H groups in total. The number of aromatic nitrogens is 4. The van der Waals surface area contributed by atoms with Gasteiger partial charge in [-0.3, -0.25) is 4.79 Å². The van der Waals surface area contributed by atoms with Crippen LogP contribution in [0.3, 0.4) is 0 Å². The molecule has 144 valence electrons. The van der Waals surface area contributed by atoms with Gasteiger partial charge in [0.2, 0.25) is 0 Å². The maximum atomic E-state index is 12.1. The number of nitrogens with zero attached hydrogens (tertiary/aromatic N) is 4. The Morgan fingerprint density at radius 3 is 2.41 bits per heavy atom. The number of aryl methyl sites for hydroxylation is 2. The average molecular weight is 375 g/mol. The van der Waals surface area contributed by atoms with Crippen molar-refractivity contribution in [3.8, 4) is 17.5 Å². The van der Waals surface area contributed by atoms with Gasteiger partial charge in [-0.25, -0.2) is 15.0 Å². The van der Waals surface area contributed by atoms with E-state index in [0.29, 0.717) is 11.0 Å². The summed E-state index contributed by atoms with van der Waals surface area (Å²) >= 11 is 0. The Morgan fingerprint density at radius 1 is 1.07 bits per heavy atom. The Kier molecular flexibility index (Phi) is 5.07. The van der Waals surface area contributed by atoms with Crippen LogP contribution in [-0.4, -0.2) is 64.9 Å². The molecule has 0 fully saturated rings. The molecule has 0 amide bonds. The largest absolute Gasteiger partial charge is 0.844 e. The van der Waals surface area contributed by atoms with Gasteiger partial charge < -0.3 is 30.1 Å². The molecule has 0 aromatic heterocycles. The summed E-state index contributed by atoms with van der Waals surface area (Å²) in [5.74, 6) is -0.0829. The zero-order chi connectivity index (χ0) is 19.9. The summed E-state index contributed by atoms with van der Waals surface area (Å²) in [6.45, 7) is 2.70. The van der Waals surface area contributed by atoms with Gasteiger partial charge in [0.1, 0.15) is 18.3 Å². The quantitative estimate of drug-likeness (QED) is 0.371. The number of hydrogen-bond acceptors (Lipinski definition) is 9. The molecule has 0 saturated carbocycles. The monoisotopic (exact) mass is 375 g/mol. The van der Waals surface area contributed by atoms with Crippen LogP contribution in [0.15, 0.2) is 16.9 Å². The van der Waals surface area contributed by atoms with E-state index in [2.05, 4.69) is 15.0 Å². The van der Waals surface area contributed by atoms with Gasteiger partial charge in [-0.1, -0.05) is 0 Å². The van der Waals surface area contributed by atoms with Crippen molar-refractivity contribution < 1.29 is 25.5 Å². The van der Waals surface area contributed by atoms with Crippen molar-refractivity contribution in [1.82, 2.24) is 19.5 Å². The maximum absolute atomic E-state index is 12.1. The summed E-state index contributed by atoms with van der Waals surface area (Å²) in [6.07, 6.45) is -4.70. The summed E-state index contributed by atoms with van der Waals surface area (Å²) in [5, 5.41) is 50.4. The summed E-state index contributed by atoms with van der Waals surface area (Å²) in [7, 11) is 0. The first-order valence-corrected chi connectivity index (χ1v) is 8.24. The molecule has 10 heteroatoms. The van der Waals surface area contributed by atoms with Crippen molar-refractivity contribution in [2.24, 2.45) is 0 Å². The Hall–Kier alpha value is -2.66. The van der Waals surface area contributed by atoms with E-state index in [1.54, 1.807) is 12.1 Å². The van der Waals surface area contributed by atoms with Crippen molar-refractivity contribution in [3.63, 3.8) is 0 Å². The lowest BCUT2D eigenvalue weighted by atomic mass is 10.1. The van der Waals surface area contributed by atoms with E-state index in [9.17, 15) is 25.2 Å². The molecule has 0 bridgehead atoms. The van der Waals surface area contributed by atoms with Gasteiger partial charge in [0.15, 0.2) is 11.5 Å². The van der Waals surface area contributed by atoms with Crippen molar-refractivity contribution in [1.29, 1.82) is 0 Å². The lowest BCUT2D eigenvalue weighted by Crippen LogP contribution is -2.42. The molecule has 0 spiro atoms. The van der Waals surface area contributed by atoms with Crippen LogP contribution in [0.4, 0.5) is 0 Å². The minimum atomic E-state index is -1.65. The van der Waals surface area contributed by atoms with Crippen LogP contribution < -0.4 is 10.7 Å². The number of hydrogen-bond donors (Lipinski definition) is 4. The van der Waals surface area contributed by atoms with E-state index < -0.39 is 36.5 Å². The predicted molar refractivity (Wildman–Crippen MR) is 92.2 cm³/mol. The molecule has 3 atom stereocenters. The maximum Gasteiger partial charge on any atom is 0.300 e. The van der Waals surface area contributed by atoms with Gasteiger partial charge in [0.05, 0.1) is 30.2 Å². The number of fused-ring (bicyclic) bond motifs is 2. The van der Waals surface area contributed by atoms with Crippen LogP contribution in [0, 0.1) is 13.8 Å². The van der Waals surface area contributed by atoms with E-state index in [1.165, 1.54) is 4.57 Å². The average Bonchev–Trinajstić information content (AvgIpc) is 2.62. The van der Waals surface area contributed by atoms with Gasteiger partial charge in [-0.2, -0.15) is 0 Å². The minimum absolute atomic E-state index is 0.0829. The zero-order valence-corrected chi connectivity index (χ0v) is 14.7. The second-order valence-electron chi connectivity index (χ2n) is 6.44. The SMILES string of the molecule is Cc1cc2nc3c(=O)nc([O-])nc-3n(CC(O)C(O)C(O)CO)c2cc1C. The molecule has 1 aromatic carbocycles. The Bertz CT molecular complexity index is 1020. The van der Waals surface area contributed by atoms with Crippen molar-refractivity contribution >= 4 is 11.0 Å². The standard InChI is InChI=1S/C17H20N4O6/c1-7-3-9-10(4-8(7)2)21(5-11(23)14(25)12(24)6-22)15-13(18-9)16(26)20-17(27)19-15/h3-4,11-12,14,22-25H,5-6H2,1-2H3,(H,20,26,27)/p-1. The van der Waals surface area contributed by atoms with Crippen molar-refractivity contribution in [2.45, 2.75) is 38.7 Å². The van der Waals surface area contributed by atoms with Crippen LogP contribution in [0.2, 0.25) is 0 Å². The Balaban J connectivity index is 2.26. The minimum Gasteiger partial charge on any atom is -0.844 e. The van der Waals surface area contributed by atoms with Gasteiger partial charge in [-0.15, -0.1) is 0 Å². The van der Waals surface area contributed by atoms with Gasteiger partial charge in [-0.05, 0) is 37.1 Å². The fourth-order valence-corrected chi connectivity index (χ4v) is 2.86. The van der Waals surface area contributed by atoms with Crippen LogP contribution >= 0.6 is 0 Å². The molecule has 0 aliphatic carbocycles. The normalized spacial score (nSPS) is 15.2. The Morgan fingerprint density at radius 2 is 1.74 bits per heavy atom. The highest BCUT2D eigenvalue weighted by Crippen LogP contribution is 2.25. The van der Waals surface area contributed by atoms with E-state index >= 15 is 0 Å². The van der Waals surface area contributed by atoms with Crippen molar-refractivity contribution in [2.75, 3.05) is 6.61 Å². The van der Waals surface area contributed by atoms with Crippen LogP contribution in [0.25, 0.3) is 22.6 Å². The third-order valence-corrected chi connectivity index (χ3v) is 4.53. The van der Waals surface area contributed by atoms with E-state index in [4.69, 9.17) is 5.11 Å².